The van der Waals surface area contributed by atoms with Crippen LogP contribution in [0.3, 0.4) is 0 Å². The number of morpholine rings is 1. The van der Waals surface area contributed by atoms with E-state index >= 15 is 0 Å². The van der Waals surface area contributed by atoms with Crippen molar-refractivity contribution in [2.75, 3.05) is 62.3 Å². The first-order chi connectivity index (χ1) is 16.2. The number of hydrogen-bond donors (Lipinski definition) is 1. The summed E-state index contributed by atoms with van der Waals surface area (Å²) in [6, 6.07) is 21.1. The van der Waals surface area contributed by atoms with E-state index in [4.69, 9.17) is 9.72 Å². The highest BCUT2D eigenvalue weighted by Crippen LogP contribution is 2.26. The third kappa shape index (κ3) is 4.78. The van der Waals surface area contributed by atoms with E-state index in [-0.39, 0.29) is 11.7 Å². The van der Waals surface area contributed by atoms with Crippen LogP contribution in [0.2, 0.25) is 0 Å². The number of carbonyl (C=O) groups excluding carboxylic acids is 1. The molecule has 0 atom stereocenters. The van der Waals surface area contributed by atoms with Gasteiger partial charge in [-0.1, -0.05) is 30.3 Å². The van der Waals surface area contributed by atoms with E-state index in [0.717, 1.165) is 48.9 Å². The Labute approximate surface area is 193 Å². The van der Waals surface area contributed by atoms with E-state index in [0.29, 0.717) is 31.9 Å². The highest BCUT2D eigenvalue weighted by atomic mass is 16.5. The number of piperazine rings is 1. The van der Waals surface area contributed by atoms with Gasteiger partial charge in [0, 0.05) is 56.1 Å². The van der Waals surface area contributed by atoms with Crippen LogP contribution in [0.15, 0.2) is 66.7 Å². The maximum absolute atomic E-state index is 13.5. The molecular formula is C26H28N4O3. The van der Waals surface area contributed by atoms with Gasteiger partial charge in [0.15, 0.2) is 0 Å². The highest BCUT2D eigenvalue weighted by molar-refractivity contribution is 5.96. The van der Waals surface area contributed by atoms with Gasteiger partial charge in [-0.2, -0.15) is 0 Å². The lowest BCUT2D eigenvalue weighted by Crippen LogP contribution is -2.48. The Morgan fingerprint density at radius 3 is 2.21 bits per heavy atom. The molecule has 2 aliphatic heterocycles. The fourth-order valence-electron chi connectivity index (χ4n) is 4.36. The van der Waals surface area contributed by atoms with Crippen LogP contribution in [0.25, 0.3) is 11.3 Å². The number of aromatic hydroxyl groups is 1. The van der Waals surface area contributed by atoms with Gasteiger partial charge in [-0.25, -0.2) is 4.98 Å². The molecule has 3 aromatic rings. The van der Waals surface area contributed by atoms with E-state index < -0.39 is 0 Å². The summed E-state index contributed by atoms with van der Waals surface area (Å²) in [5.74, 6) is 1.12. The van der Waals surface area contributed by atoms with Crippen LogP contribution < -0.4 is 9.80 Å². The molecule has 7 heteroatoms. The van der Waals surface area contributed by atoms with Crippen molar-refractivity contribution in [1.29, 1.82) is 0 Å². The molecule has 0 radical (unpaired) electrons. The smallest absolute Gasteiger partial charge is 0.254 e. The number of aromatic nitrogens is 1. The Hall–Kier alpha value is -3.58. The molecule has 0 aliphatic carbocycles. The molecule has 2 aromatic carbocycles. The van der Waals surface area contributed by atoms with Gasteiger partial charge < -0.3 is 24.5 Å². The molecule has 2 fully saturated rings. The van der Waals surface area contributed by atoms with Crippen LogP contribution in [0, 0.1) is 0 Å². The summed E-state index contributed by atoms with van der Waals surface area (Å²) in [5, 5.41) is 9.53. The molecule has 3 heterocycles. The molecule has 2 saturated heterocycles. The van der Waals surface area contributed by atoms with Gasteiger partial charge in [0.05, 0.1) is 18.9 Å². The Bertz CT molecular complexity index is 1090. The number of nitrogens with zero attached hydrogens (tertiary/aromatic N) is 4. The van der Waals surface area contributed by atoms with Gasteiger partial charge in [0.25, 0.3) is 5.91 Å². The number of amides is 1. The molecule has 0 spiro atoms. The van der Waals surface area contributed by atoms with Crippen LogP contribution in [0.5, 0.6) is 5.75 Å². The number of rotatable bonds is 4. The highest BCUT2D eigenvalue weighted by Gasteiger charge is 2.24. The zero-order chi connectivity index (χ0) is 22.6. The average molecular weight is 445 g/mol. The Morgan fingerprint density at radius 1 is 0.818 bits per heavy atom. The first-order valence-electron chi connectivity index (χ1n) is 11.4. The molecule has 0 bridgehead atoms. The zero-order valence-electron chi connectivity index (χ0n) is 18.6. The summed E-state index contributed by atoms with van der Waals surface area (Å²) in [6.07, 6.45) is 0. The molecule has 1 amide bonds. The maximum atomic E-state index is 13.5. The summed E-state index contributed by atoms with van der Waals surface area (Å²) in [4.78, 5) is 24.7. The first kappa shape index (κ1) is 21.3. The number of anilines is 2. The fraction of sp³-hybridized carbons (Fsp3) is 0.308. The van der Waals surface area contributed by atoms with Crippen LogP contribution in [0.4, 0.5) is 11.5 Å². The number of pyridine rings is 1. The number of phenolic OH excluding ortho intramolecular Hbond substituents is 1. The minimum absolute atomic E-state index is 0.0365. The predicted octanol–water partition coefficient (Wildman–Crippen LogP) is 3.25. The topological polar surface area (TPSA) is 69.1 Å². The van der Waals surface area contributed by atoms with E-state index in [1.807, 2.05) is 59.5 Å². The molecular weight excluding hydrogens is 416 g/mol. The fourth-order valence-corrected chi connectivity index (χ4v) is 4.36. The van der Waals surface area contributed by atoms with Crippen molar-refractivity contribution in [2.45, 2.75) is 0 Å². The second kappa shape index (κ2) is 9.50. The van der Waals surface area contributed by atoms with E-state index in [9.17, 15) is 9.90 Å². The van der Waals surface area contributed by atoms with Crippen LogP contribution in [-0.2, 0) is 4.74 Å². The van der Waals surface area contributed by atoms with Crippen LogP contribution in [0.1, 0.15) is 10.4 Å². The van der Waals surface area contributed by atoms with Crippen molar-refractivity contribution in [3.8, 4) is 17.0 Å². The summed E-state index contributed by atoms with van der Waals surface area (Å²) in [7, 11) is 0. The molecule has 0 unspecified atom stereocenters. The Morgan fingerprint density at radius 2 is 1.52 bits per heavy atom. The van der Waals surface area contributed by atoms with Crippen molar-refractivity contribution < 1.29 is 14.6 Å². The minimum Gasteiger partial charge on any atom is -0.508 e. The second-order valence-corrected chi connectivity index (χ2v) is 8.36. The van der Waals surface area contributed by atoms with Crippen molar-refractivity contribution in [1.82, 2.24) is 9.88 Å². The molecule has 2 aliphatic rings. The van der Waals surface area contributed by atoms with Crippen LogP contribution in [-0.4, -0.2) is 73.4 Å². The quantitative estimate of drug-likeness (QED) is 0.666. The normalized spacial score (nSPS) is 16.7. The maximum Gasteiger partial charge on any atom is 0.254 e. The average Bonchev–Trinajstić information content (AvgIpc) is 2.89. The minimum atomic E-state index is 0.0365. The molecule has 1 aromatic heterocycles. The molecule has 5 rings (SSSR count). The molecule has 0 saturated carbocycles. The third-order valence-corrected chi connectivity index (χ3v) is 6.25. The Kier molecular flexibility index (Phi) is 6.13. The standard InChI is InChI=1S/C26H28N4O3/c31-23-8-6-22(7-9-23)28-10-12-30(13-11-28)26(32)21-18-24(20-4-2-1-3-5-20)27-25(19-21)29-14-16-33-17-15-29/h1-9,18-19,31H,10-17H2. The van der Waals surface area contributed by atoms with Crippen LogP contribution >= 0.6 is 0 Å². The second-order valence-electron chi connectivity index (χ2n) is 8.36. The van der Waals surface area contributed by atoms with Crippen molar-refractivity contribution in [2.24, 2.45) is 0 Å². The molecule has 170 valence electrons. The Balaban J connectivity index is 1.37. The summed E-state index contributed by atoms with van der Waals surface area (Å²) in [5.41, 5.74) is 3.54. The van der Waals surface area contributed by atoms with Gasteiger partial charge in [-0.3, -0.25) is 4.79 Å². The van der Waals surface area contributed by atoms with Crippen molar-refractivity contribution >= 4 is 17.4 Å². The number of phenols is 1. The molecule has 7 nitrogen and oxygen atoms in total. The summed E-state index contributed by atoms with van der Waals surface area (Å²) in [6.45, 7) is 5.67. The SMILES string of the molecule is O=C(c1cc(-c2ccccc2)nc(N2CCOCC2)c1)N1CCN(c2ccc(O)cc2)CC1. The number of benzene rings is 2. The molecule has 33 heavy (non-hydrogen) atoms. The van der Waals surface area contributed by atoms with Crippen molar-refractivity contribution in [3.05, 3.63) is 72.3 Å². The number of carbonyl (C=O) groups is 1. The molecule has 1 N–H and O–H groups in total. The van der Waals surface area contributed by atoms with E-state index in [1.54, 1.807) is 12.1 Å². The van der Waals surface area contributed by atoms with E-state index in [2.05, 4.69) is 9.80 Å². The van der Waals surface area contributed by atoms with Gasteiger partial charge in [-0.05, 0) is 36.4 Å². The number of ether oxygens (including phenoxy) is 1. The predicted molar refractivity (Wildman–Crippen MR) is 129 cm³/mol. The van der Waals surface area contributed by atoms with E-state index in [1.165, 1.54) is 0 Å². The first-order valence-corrected chi connectivity index (χ1v) is 11.4. The number of hydrogen-bond acceptors (Lipinski definition) is 6. The van der Waals surface area contributed by atoms with Gasteiger partial charge >= 0.3 is 0 Å². The lowest BCUT2D eigenvalue weighted by atomic mass is 10.1. The van der Waals surface area contributed by atoms with Crippen molar-refractivity contribution in [3.63, 3.8) is 0 Å². The van der Waals surface area contributed by atoms with Gasteiger partial charge in [0.2, 0.25) is 0 Å². The zero-order valence-corrected chi connectivity index (χ0v) is 18.6. The monoisotopic (exact) mass is 444 g/mol. The largest absolute Gasteiger partial charge is 0.508 e. The lowest BCUT2D eigenvalue weighted by molar-refractivity contribution is 0.0746. The van der Waals surface area contributed by atoms with Gasteiger partial charge in [0.1, 0.15) is 11.6 Å². The third-order valence-electron chi connectivity index (χ3n) is 6.25. The lowest BCUT2D eigenvalue weighted by Gasteiger charge is -2.36. The van der Waals surface area contributed by atoms with Gasteiger partial charge in [-0.15, -0.1) is 0 Å². The summed E-state index contributed by atoms with van der Waals surface area (Å²) < 4.78 is 5.50. The summed E-state index contributed by atoms with van der Waals surface area (Å²) >= 11 is 0.